The number of nitrogens with zero attached hydrogens (tertiary/aromatic N) is 1. The standard InChI is InChI=1S/C8H8BrN3S/c1-4-7(11-12-8(4)10)6-2-5(9)3-13-6/h2-3H,1H3,(H3,10,11,12). The molecule has 0 saturated heterocycles. The first kappa shape index (κ1) is 8.77. The fraction of sp³-hybridized carbons (Fsp3) is 0.125. The molecule has 0 aromatic carbocycles. The van der Waals surface area contributed by atoms with Crippen LogP contribution in [0.15, 0.2) is 15.9 Å². The quantitative estimate of drug-likeness (QED) is 0.826. The second-order valence-electron chi connectivity index (χ2n) is 2.74. The fourth-order valence-electron chi connectivity index (χ4n) is 1.10. The molecule has 0 fully saturated rings. The van der Waals surface area contributed by atoms with Crippen LogP contribution in [-0.4, -0.2) is 10.2 Å². The zero-order chi connectivity index (χ0) is 9.42. The monoisotopic (exact) mass is 257 g/mol. The van der Waals surface area contributed by atoms with Crippen molar-refractivity contribution in [3.63, 3.8) is 0 Å². The highest BCUT2D eigenvalue weighted by molar-refractivity contribution is 9.10. The van der Waals surface area contributed by atoms with Gasteiger partial charge in [-0.3, -0.25) is 5.10 Å². The molecule has 0 aliphatic rings. The molecule has 0 bridgehead atoms. The Hall–Kier alpha value is -0.810. The second kappa shape index (κ2) is 3.16. The molecule has 0 atom stereocenters. The van der Waals surface area contributed by atoms with Crippen LogP contribution in [-0.2, 0) is 0 Å². The van der Waals surface area contributed by atoms with Crippen LogP contribution in [0.25, 0.3) is 10.6 Å². The number of hydrogen-bond donors (Lipinski definition) is 2. The molecule has 2 aromatic heterocycles. The van der Waals surface area contributed by atoms with Crippen LogP contribution in [0.2, 0.25) is 0 Å². The molecule has 5 heteroatoms. The Morgan fingerprint density at radius 1 is 1.62 bits per heavy atom. The van der Waals surface area contributed by atoms with Gasteiger partial charge in [-0.1, -0.05) is 0 Å². The number of anilines is 1. The summed E-state index contributed by atoms with van der Waals surface area (Å²) in [4.78, 5) is 1.15. The van der Waals surface area contributed by atoms with E-state index < -0.39 is 0 Å². The lowest BCUT2D eigenvalue weighted by molar-refractivity contribution is 1.11. The van der Waals surface area contributed by atoms with Crippen LogP contribution in [0.3, 0.4) is 0 Å². The maximum atomic E-state index is 5.64. The zero-order valence-electron chi connectivity index (χ0n) is 6.97. The first-order chi connectivity index (χ1) is 6.18. The van der Waals surface area contributed by atoms with E-state index in [9.17, 15) is 0 Å². The van der Waals surface area contributed by atoms with Gasteiger partial charge in [0, 0.05) is 15.4 Å². The smallest absolute Gasteiger partial charge is 0.148 e. The predicted molar refractivity (Wildman–Crippen MR) is 58.8 cm³/mol. The number of halogens is 1. The van der Waals surface area contributed by atoms with E-state index in [-0.39, 0.29) is 0 Å². The van der Waals surface area contributed by atoms with E-state index >= 15 is 0 Å². The van der Waals surface area contributed by atoms with E-state index in [2.05, 4.69) is 26.1 Å². The van der Waals surface area contributed by atoms with Crippen molar-refractivity contribution in [1.29, 1.82) is 0 Å². The summed E-state index contributed by atoms with van der Waals surface area (Å²) in [6.45, 7) is 1.96. The predicted octanol–water partition coefficient (Wildman–Crippen LogP) is 2.79. The third-order valence-corrected chi connectivity index (χ3v) is 3.57. The van der Waals surface area contributed by atoms with Crippen LogP contribution < -0.4 is 5.73 Å². The lowest BCUT2D eigenvalue weighted by atomic mass is 10.2. The molecule has 0 amide bonds. The molecular weight excluding hydrogens is 250 g/mol. The molecular formula is C8H8BrN3S. The van der Waals surface area contributed by atoms with Crippen molar-refractivity contribution in [3.8, 4) is 10.6 Å². The zero-order valence-corrected chi connectivity index (χ0v) is 9.37. The maximum Gasteiger partial charge on any atom is 0.148 e. The van der Waals surface area contributed by atoms with Crippen molar-refractivity contribution in [3.05, 3.63) is 21.5 Å². The van der Waals surface area contributed by atoms with Crippen LogP contribution in [0, 0.1) is 6.92 Å². The first-order valence-corrected chi connectivity index (χ1v) is 5.40. The molecule has 2 heterocycles. The molecule has 0 saturated carbocycles. The summed E-state index contributed by atoms with van der Waals surface area (Å²) < 4.78 is 1.08. The SMILES string of the molecule is Cc1c(N)n[nH]c1-c1cc(Br)cs1. The number of nitrogen functional groups attached to an aromatic ring is 1. The molecule has 2 rings (SSSR count). The molecule has 3 N–H and O–H groups in total. The molecule has 13 heavy (non-hydrogen) atoms. The van der Waals surface area contributed by atoms with E-state index in [4.69, 9.17) is 5.73 Å². The van der Waals surface area contributed by atoms with Gasteiger partial charge >= 0.3 is 0 Å². The summed E-state index contributed by atoms with van der Waals surface area (Å²) in [6, 6.07) is 2.05. The average molecular weight is 258 g/mol. The third-order valence-electron chi connectivity index (χ3n) is 1.86. The van der Waals surface area contributed by atoms with Gasteiger partial charge in [0.05, 0.1) is 10.6 Å². The Bertz CT molecular complexity index is 432. The van der Waals surface area contributed by atoms with E-state index in [0.717, 1.165) is 20.6 Å². The molecule has 0 radical (unpaired) electrons. The first-order valence-electron chi connectivity index (χ1n) is 3.73. The van der Waals surface area contributed by atoms with Crippen LogP contribution in [0.1, 0.15) is 5.56 Å². The van der Waals surface area contributed by atoms with Crippen molar-refractivity contribution < 1.29 is 0 Å². The van der Waals surface area contributed by atoms with E-state index in [1.807, 2.05) is 18.4 Å². The van der Waals surface area contributed by atoms with Crippen LogP contribution in [0.5, 0.6) is 0 Å². The largest absolute Gasteiger partial charge is 0.382 e. The normalized spacial score (nSPS) is 10.6. The minimum atomic E-state index is 0.569. The highest BCUT2D eigenvalue weighted by atomic mass is 79.9. The molecule has 2 aromatic rings. The van der Waals surface area contributed by atoms with Gasteiger partial charge in [-0.25, -0.2) is 0 Å². The average Bonchev–Trinajstić information content (AvgIpc) is 2.62. The van der Waals surface area contributed by atoms with Gasteiger partial charge in [0.2, 0.25) is 0 Å². The van der Waals surface area contributed by atoms with Crippen LogP contribution >= 0.6 is 27.3 Å². The number of nitrogens with one attached hydrogen (secondary N) is 1. The number of thiophene rings is 1. The summed E-state index contributed by atoms with van der Waals surface area (Å²) in [6.07, 6.45) is 0. The Balaban J connectivity index is 2.52. The van der Waals surface area contributed by atoms with Crippen LogP contribution in [0.4, 0.5) is 5.82 Å². The molecule has 0 aliphatic heterocycles. The van der Waals surface area contributed by atoms with Gasteiger partial charge < -0.3 is 5.73 Å². The molecule has 0 spiro atoms. The molecule has 0 unspecified atom stereocenters. The van der Waals surface area contributed by atoms with Gasteiger partial charge in [-0.15, -0.1) is 11.3 Å². The summed E-state index contributed by atoms with van der Waals surface area (Å²) >= 11 is 5.06. The summed E-state index contributed by atoms with van der Waals surface area (Å²) in [5.74, 6) is 0.569. The van der Waals surface area contributed by atoms with Gasteiger partial charge in [-0.2, -0.15) is 5.10 Å². The molecule has 68 valence electrons. The number of aromatic nitrogens is 2. The number of H-pyrrole nitrogens is 1. The fourth-order valence-corrected chi connectivity index (χ4v) is 2.58. The van der Waals surface area contributed by atoms with Crippen molar-refractivity contribution in [2.24, 2.45) is 0 Å². The van der Waals surface area contributed by atoms with Gasteiger partial charge in [0.1, 0.15) is 5.82 Å². The Morgan fingerprint density at radius 2 is 2.38 bits per heavy atom. The van der Waals surface area contributed by atoms with E-state index in [0.29, 0.717) is 5.82 Å². The lowest BCUT2D eigenvalue weighted by Crippen LogP contribution is -1.85. The van der Waals surface area contributed by atoms with Crippen molar-refractivity contribution in [2.75, 3.05) is 5.73 Å². The van der Waals surface area contributed by atoms with Crippen molar-refractivity contribution >= 4 is 33.1 Å². The number of rotatable bonds is 1. The van der Waals surface area contributed by atoms with Gasteiger partial charge in [0.15, 0.2) is 0 Å². The van der Waals surface area contributed by atoms with Gasteiger partial charge in [0.25, 0.3) is 0 Å². The summed E-state index contributed by atoms with van der Waals surface area (Å²) in [5, 5.41) is 8.90. The minimum Gasteiger partial charge on any atom is -0.382 e. The topological polar surface area (TPSA) is 54.7 Å². The Kier molecular flexibility index (Phi) is 2.13. The highest BCUT2D eigenvalue weighted by Crippen LogP contribution is 2.31. The second-order valence-corrected chi connectivity index (χ2v) is 4.56. The number of aromatic amines is 1. The lowest BCUT2D eigenvalue weighted by Gasteiger charge is -1.92. The van der Waals surface area contributed by atoms with E-state index in [1.54, 1.807) is 11.3 Å². The van der Waals surface area contributed by atoms with Gasteiger partial charge in [-0.05, 0) is 28.9 Å². The minimum absolute atomic E-state index is 0.569. The van der Waals surface area contributed by atoms with E-state index in [1.165, 1.54) is 0 Å². The molecule has 0 aliphatic carbocycles. The van der Waals surface area contributed by atoms with Crippen molar-refractivity contribution in [1.82, 2.24) is 10.2 Å². The maximum absolute atomic E-state index is 5.64. The third kappa shape index (κ3) is 1.49. The Labute approximate surface area is 88.1 Å². The highest BCUT2D eigenvalue weighted by Gasteiger charge is 2.09. The van der Waals surface area contributed by atoms with Crippen molar-refractivity contribution in [2.45, 2.75) is 6.92 Å². The summed E-state index contributed by atoms with van der Waals surface area (Å²) in [5.41, 5.74) is 7.65. The molecule has 3 nitrogen and oxygen atoms in total. The number of nitrogens with two attached hydrogens (primary N) is 1. The number of hydrogen-bond acceptors (Lipinski definition) is 3. The Morgan fingerprint density at radius 3 is 2.85 bits per heavy atom. The summed E-state index contributed by atoms with van der Waals surface area (Å²) in [7, 11) is 0.